The van der Waals surface area contributed by atoms with Crippen molar-refractivity contribution in [2.24, 2.45) is 5.92 Å². The SMILES string of the molecule is CC(OC(=O)CCc1ncc(-c2ccccc2F)o1)C(=O)N1CCC(Cc2ccccc2)CC1. The third-order valence-electron chi connectivity index (χ3n) is 6.19. The Balaban J connectivity index is 1.20. The highest BCUT2D eigenvalue weighted by Gasteiger charge is 2.28. The summed E-state index contributed by atoms with van der Waals surface area (Å²) in [6.45, 7) is 2.96. The highest BCUT2D eigenvalue weighted by Crippen LogP contribution is 2.24. The molecule has 6 nitrogen and oxygen atoms in total. The van der Waals surface area contributed by atoms with Gasteiger partial charge in [-0.05, 0) is 49.8 Å². The van der Waals surface area contributed by atoms with E-state index < -0.39 is 17.9 Å². The molecule has 0 saturated carbocycles. The maximum Gasteiger partial charge on any atom is 0.307 e. The van der Waals surface area contributed by atoms with Crippen LogP contribution in [-0.4, -0.2) is 41.0 Å². The second-order valence-corrected chi connectivity index (χ2v) is 8.69. The number of piperidine rings is 1. The molecule has 3 aromatic rings. The molecule has 1 unspecified atom stereocenters. The number of hydrogen-bond donors (Lipinski definition) is 0. The van der Waals surface area contributed by atoms with E-state index in [2.05, 4.69) is 17.1 Å². The van der Waals surface area contributed by atoms with Crippen LogP contribution in [0.4, 0.5) is 4.39 Å². The summed E-state index contributed by atoms with van der Waals surface area (Å²) in [6.07, 6.45) is 3.73. The summed E-state index contributed by atoms with van der Waals surface area (Å²) in [5, 5.41) is 0. The summed E-state index contributed by atoms with van der Waals surface area (Å²) >= 11 is 0. The quantitative estimate of drug-likeness (QED) is 0.447. The van der Waals surface area contributed by atoms with Crippen molar-refractivity contribution in [3.8, 4) is 11.3 Å². The molecule has 0 N–H and O–H groups in total. The van der Waals surface area contributed by atoms with Crippen LogP contribution in [-0.2, 0) is 27.2 Å². The lowest BCUT2D eigenvalue weighted by Gasteiger charge is -2.33. The van der Waals surface area contributed by atoms with Gasteiger partial charge in [-0.1, -0.05) is 42.5 Å². The van der Waals surface area contributed by atoms with Gasteiger partial charge in [-0.15, -0.1) is 0 Å². The number of benzene rings is 2. The molecule has 2 heterocycles. The van der Waals surface area contributed by atoms with E-state index in [4.69, 9.17) is 9.15 Å². The van der Waals surface area contributed by atoms with Crippen molar-refractivity contribution < 1.29 is 23.1 Å². The first-order chi connectivity index (χ1) is 16.5. The third-order valence-corrected chi connectivity index (χ3v) is 6.19. The van der Waals surface area contributed by atoms with Crippen molar-refractivity contribution in [1.82, 2.24) is 9.88 Å². The summed E-state index contributed by atoms with van der Waals surface area (Å²) < 4.78 is 24.8. The van der Waals surface area contributed by atoms with Gasteiger partial charge in [-0.2, -0.15) is 0 Å². The lowest BCUT2D eigenvalue weighted by atomic mass is 9.90. The molecule has 0 radical (unpaired) electrons. The second-order valence-electron chi connectivity index (χ2n) is 8.69. The highest BCUT2D eigenvalue weighted by molar-refractivity contribution is 5.83. The van der Waals surface area contributed by atoms with Gasteiger partial charge in [-0.3, -0.25) is 9.59 Å². The van der Waals surface area contributed by atoms with Crippen molar-refractivity contribution in [3.63, 3.8) is 0 Å². The van der Waals surface area contributed by atoms with Gasteiger partial charge in [0.1, 0.15) is 5.82 Å². The summed E-state index contributed by atoms with van der Waals surface area (Å²) in [4.78, 5) is 30.9. The molecule has 4 rings (SSSR count). The molecular weight excluding hydrogens is 435 g/mol. The molecule has 1 aliphatic rings. The van der Waals surface area contributed by atoms with Gasteiger partial charge in [0.05, 0.1) is 18.2 Å². The minimum absolute atomic E-state index is 0.0218. The maximum atomic E-state index is 13.9. The van der Waals surface area contributed by atoms with Crippen LogP contribution in [0, 0.1) is 11.7 Å². The van der Waals surface area contributed by atoms with E-state index in [0.29, 0.717) is 36.2 Å². The zero-order valence-electron chi connectivity index (χ0n) is 19.3. The Bertz CT molecular complexity index is 1110. The normalized spacial score (nSPS) is 15.2. The number of aryl methyl sites for hydroxylation is 1. The molecule has 2 aromatic carbocycles. The summed E-state index contributed by atoms with van der Waals surface area (Å²) in [6, 6.07) is 16.6. The number of aromatic nitrogens is 1. The maximum absolute atomic E-state index is 13.9. The molecule has 0 aliphatic carbocycles. The van der Waals surface area contributed by atoms with Crippen LogP contribution in [0.5, 0.6) is 0 Å². The molecule has 7 heteroatoms. The molecule has 34 heavy (non-hydrogen) atoms. The lowest BCUT2D eigenvalue weighted by Crippen LogP contribution is -2.44. The van der Waals surface area contributed by atoms with Crippen molar-refractivity contribution in [3.05, 3.63) is 78.1 Å². The third kappa shape index (κ3) is 6.10. The standard InChI is InChI=1S/C27H29FN2O4/c1-19(27(32)30-15-13-21(14-16-30)17-20-7-3-2-4-8-20)33-26(31)12-11-25-29-18-24(34-25)22-9-5-6-10-23(22)28/h2-10,18-19,21H,11-17H2,1H3. The second kappa shape index (κ2) is 11.1. The fraction of sp³-hybridized carbons (Fsp3) is 0.370. The van der Waals surface area contributed by atoms with Crippen LogP contribution in [0.25, 0.3) is 11.3 Å². The number of esters is 1. The number of rotatable bonds is 8. The number of amides is 1. The Morgan fingerprint density at radius 2 is 1.82 bits per heavy atom. The van der Waals surface area contributed by atoms with E-state index in [-0.39, 0.29) is 18.7 Å². The molecule has 1 amide bonds. The molecule has 178 valence electrons. The summed E-state index contributed by atoms with van der Waals surface area (Å²) in [5.41, 5.74) is 1.64. The Labute approximate surface area is 198 Å². The molecular formula is C27H29FN2O4. The van der Waals surface area contributed by atoms with Crippen LogP contribution in [0.2, 0.25) is 0 Å². The Morgan fingerprint density at radius 3 is 2.56 bits per heavy atom. The zero-order valence-corrected chi connectivity index (χ0v) is 19.3. The van der Waals surface area contributed by atoms with Crippen LogP contribution in [0.15, 0.2) is 65.2 Å². The van der Waals surface area contributed by atoms with Crippen LogP contribution < -0.4 is 0 Å². The van der Waals surface area contributed by atoms with Gasteiger partial charge in [0.25, 0.3) is 5.91 Å². The number of nitrogens with zero attached hydrogens (tertiary/aromatic N) is 2. The van der Waals surface area contributed by atoms with Crippen LogP contribution in [0.3, 0.4) is 0 Å². The first-order valence-electron chi connectivity index (χ1n) is 11.7. The van der Waals surface area contributed by atoms with Gasteiger partial charge in [0.15, 0.2) is 17.8 Å². The van der Waals surface area contributed by atoms with E-state index in [0.717, 1.165) is 19.3 Å². The smallest absolute Gasteiger partial charge is 0.307 e. The molecule has 0 spiro atoms. The van der Waals surface area contributed by atoms with E-state index in [1.165, 1.54) is 17.8 Å². The summed E-state index contributed by atoms with van der Waals surface area (Å²) in [7, 11) is 0. The molecule has 1 saturated heterocycles. The monoisotopic (exact) mass is 464 g/mol. The zero-order chi connectivity index (χ0) is 23.9. The van der Waals surface area contributed by atoms with Gasteiger partial charge in [-0.25, -0.2) is 9.37 Å². The van der Waals surface area contributed by atoms with Gasteiger partial charge >= 0.3 is 5.97 Å². The Hall–Kier alpha value is -3.48. The molecule has 0 bridgehead atoms. The van der Waals surface area contributed by atoms with Crippen molar-refractivity contribution in [2.75, 3.05) is 13.1 Å². The van der Waals surface area contributed by atoms with Gasteiger partial charge < -0.3 is 14.1 Å². The number of halogens is 1. The minimum Gasteiger partial charge on any atom is -0.453 e. The predicted molar refractivity (Wildman–Crippen MR) is 125 cm³/mol. The first-order valence-corrected chi connectivity index (χ1v) is 11.7. The topological polar surface area (TPSA) is 72.6 Å². The predicted octanol–water partition coefficient (Wildman–Crippen LogP) is 4.83. The van der Waals surface area contributed by atoms with E-state index >= 15 is 0 Å². The molecule has 1 aromatic heterocycles. The lowest BCUT2D eigenvalue weighted by molar-refractivity contribution is -0.159. The van der Waals surface area contributed by atoms with E-state index in [9.17, 15) is 14.0 Å². The van der Waals surface area contributed by atoms with Crippen molar-refractivity contribution in [2.45, 2.75) is 45.1 Å². The minimum atomic E-state index is -0.836. The average molecular weight is 465 g/mol. The largest absolute Gasteiger partial charge is 0.453 e. The number of oxazole rings is 1. The highest BCUT2D eigenvalue weighted by atomic mass is 19.1. The first kappa shape index (κ1) is 23.7. The molecule has 1 atom stereocenters. The number of carbonyl (C=O) groups excluding carboxylic acids is 2. The Kier molecular flexibility index (Phi) is 7.72. The van der Waals surface area contributed by atoms with Gasteiger partial charge in [0, 0.05) is 19.5 Å². The van der Waals surface area contributed by atoms with Crippen molar-refractivity contribution in [1.29, 1.82) is 0 Å². The molecule has 1 fully saturated rings. The van der Waals surface area contributed by atoms with E-state index in [1.807, 2.05) is 18.2 Å². The number of ether oxygens (including phenoxy) is 1. The number of likely N-dealkylation sites (tertiary alicyclic amines) is 1. The van der Waals surface area contributed by atoms with E-state index in [1.54, 1.807) is 30.0 Å². The molecule has 1 aliphatic heterocycles. The van der Waals surface area contributed by atoms with Crippen molar-refractivity contribution >= 4 is 11.9 Å². The fourth-order valence-electron chi connectivity index (χ4n) is 4.29. The number of carbonyl (C=O) groups is 2. The Morgan fingerprint density at radius 1 is 1.12 bits per heavy atom. The average Bonchev–Trinajstić information content (AvgIpc) is 3.32. The van der Waals surface area contributed by atoms with Crippen LogP contribution >= 0.6 is 0 Å². The summed E-state index contributed by atoms with van der Waals surface area (Å²) in [5.74, 6) is 0.116. The van der Waals surface area contributed by atoms with Crippen LogP contribution in [0.1, 0.15) is 37.6 Å². The fourth-order valence-corrected chi connectivity index (χ4v) is 4.29. The van der Waals surface area contributed by atoms with Gasteiger partial charge in [0.2, 0.25) is 0 Å². The number of hydrogen-bond acceptors (Lipinski definition) is 5.